The summed E-state index contributed by atoms with van der Waals surface area (Å²) in [6.45, 7) is 1.75. The van der Waals surface area contributed by atoms with Crippen molar-refractivity contribution in [3.8, 4) is 0 Å². The van der Waals surface area contributed by atoms with E-state index in [4.69, 9.17) is 4.52 Å². The van der Waals surface area contributed by atoms with Gasteiger partial charge in [-0.3, -0.25) is 14.9 Å². The predicted molar refractivity (Wildman–Crippen MR) is 74.5 cm³/mol. The third-order valence-corrected chi connectivity index (χ3v) is 4.31. The minimum absolute atomic E-state index is 0.215. The molecule has 21 heavy (non-hydrogen) atoms. The first kappa shape index (κ1) is 12.5. The van der Waals surface area contributed by atoms with Gasteiger partial charge in [0.15, 0.2) is 5.58 Å². The number of piperidine rings is 1. The lowest BCUT2D eigenvalue weighted by Crippen LogP contribution is -2.39. The minimum atomic E-state index is -0.399. The molecule has 6 heteroatoms. The van der Waals surface area contributed by atoms with E-state index in [1.165, 1.54) is 11.1 Å². The maximum atomic E-state index is 12.0. The van der Waals surface area contributed by atoms with Crippen LogP contribution in [0.3, 0.4) is 0 Å². The van der Waals surface area contributed by atoms with Gasteiger partial charge < -0.3 is 9.84 Å². The Hall–Kier alpha value is -2.21. The summed E-state index contributed by atoms with van der Waals surface area (Å²) in [5.74, 6) is -0.892. The van der Waals surface area contributed by atoms with E-state index in [-0.39, 0.29) is 11.8 Å². The summed E-state index contributed by atoms with van der Waals surface area (Å²) in [5, 5.41) is 10.7. The number of carbonyl (C=O) groups is 2. The molecule has 2 N–H and O–H groups in total. The van der Waals surface area contributed by atoms with Crippen LogP contribution in [0.15, 0.2) is 16.7 Å². The number of hydrogen-bond acceptors (Lipinski definition) is 5. The van der Waals surface area contributed by atoms with E-state index in [0.29, 0.717) is 18.5 Å². The van der Waals surface area contributed by atoms with Crippen LogP contribution in [0.25, 0.3) is 11.0 Å². The highest BCUT2D eigenvalue weighted by Crippen LogP contribution is 2.33. The number of nitrogens with one attached hydrogen (secondary N) is 2. The van der Waals surface area contributed by atoms with Gasteiger partial charge in [-0.2, -0.15) is 0 Å². The van der Waals surface area contributed by atoms with Gasteiger partial charge in [-0.15, -0.1) is 0 Å². The summed E-state index contributed by atoms with van der Waals surface area (Å²) in [4.78, 5) is 23.3. The molecule has 1 fully saturated rings. The Bertz CT molecular complexity index is 750. The number of fused-ring (bicyclic) bond motifs is 3. The van der Waals surface area contributed by atoms with Crippen LogP contribution >= 0.6 is 0 Å². The molecule has 1 aromatic carbocycles. The van der Waals surface area contributed by atoms with Gasteiger partial charge in [-0.1, -0.05) is 11.2 Å². The molecule has 1 atom stereocenters. The molecule has 2 aliphatic heterocycles. The number of hydrogen-bond donors (Lipinski definition) is 2. The van der Waals surface area contributed by atoms with Gasteiger partial charge in [0.25, 0.3) is 0 Å². The van der Waals surface area contributed by atoms with Crippen LogP contribution in [0.5, 0.6) is 0 Å². The van der Waals surface area contributed by atoms with Crippen molar-refractivity contribution in [1.29, 1.82) is 0 Å². The van der Waals surface area contributed by atoms with Gasteiger partial charge in [0.1, 0.15) is 5.69 Å². The van der Waals surface area contributed by atoms with Crippen LogP contribution in [0.2, 0.25) is 0 Å². The van der Waals surface area contributed by atoms with E-state index in [2.05, 4.69) is 21.9 Å². The molecule has 1 unspecified atom stereocenters. The Kier molecular flexibility index (Phi) is 2.78. The smallest absolute Gasteiger partial charge is 0.235 e. The maximum absolute atomic E-state index is 12.0. The highest BCUT2D eigenvalue weighted by Gasteiger charge is 2.32. The Labute approximate surface area is 120 Å². The molecular weight excluding hydrogens is 270 g/mol. The van der Waals surface area contributed by atoms with Crippen LogP contribution in [-0.2, 0) is 22.6 Å². The topological polar surface area (TPSA) is 84.2 Å². The molecule has 1 aromatic heterocycles. The molecule has 0 spiro atoms. The normalized spacial score (nSPS) is 22.2. The zero-order chi connectivity index (χ0) is 14.4. The second-order valence-corrected chi connectivity index (χ2v) is 5.58. The molecule has 0 saturated carbocycles. The predicted octanol–water partition coefficient (Wildman–Crippen LogP) is 0.994. The zero-order valence-corrected chi connectivity index (χ0v) is 11.4. The molecule has 2 amide bonds. The van der Waals surface area contributed by atoms with Gasteiger partial charge in [0, 0.05) is 23.9 Å². The molecular formula is C15H15N3O3. The molecule has 1 saturated heterocycles. The lowest BCUT2D eigenvalue weighted by Gasteiger charge is -2.19. The molecule has 6 nitrogen and oxygen atoms in total. The molecule has 108 valence electrons. The quantitative estimate of drug-likeness (QED) is 0.763. The molecule has 3 heterocycles. The highest BCUT2D eigenvalue weighted by atomic mass is 16.5. The molecule has 2 aliphatic rings. The summed E-state index contributed by atoms with van der Waals surface area (Å²) in [6.07, 6.45) is 1.74. The standard InChI is InChI=1S/C15H15N3O3/c19-12-4-3-11(15(20)17-12)13-10-2-1-8-7-16-6-5-9(8)14(10)21-18-13/h1-2,11,16H,3-7H2,(H,17,19,20). The Balaban J connectivity index is 1.80. The maximum Gasteiger partial charge on any atom is 0.235 e. The summed E-state index contributed by atoms with van der Waals surface area (Å²) in [7, 11) is 0. The summed E-state index contributed by atoms with van der Waals surface area (Å²) in [5.41, 5.74) is 3.84. The van der Waals surface area contributed by atoms with Crippen LogP contribution in [0.1, 0.15) is 35.6 Å². The molecule has 0 bridgehead atoms. The fraction of sp³-hybridized carbons (Fsp3) is 0.400. The van der Waals surface area contributed by atoms with Gasteiger partial charge in [0.2, 0.25) is 11.8 Å². The Morgan fingerprint density at radius 3 is 3.00 bits per heavy atom. The molecule has 0 radical (unpaired) electrons. The van der Waals surface area contributed by atoms with E-state index in [9.17, 15) is 9.59 Å². The van der Waals surface area contributed by atoms with E-state index in [0.717, 1.165) is 30.5 Å². The molecule has 4 rings (SSSR count). The lowest BCUT2D eigenvalue weighted by atomic mass is 9.91. The third kappa shape index (κ3) is 1.94. The van der Waals surface area contributed by atoms with Gasteiger partial charge in [-0.05, 0) is 31.0 Å². The Morgan fingerprint density at radius 1 is 1.24 bits per heavy atom. The van der Waals surface area contributed by atoms with Crippen molar-refractivity contribution in [3.63, 3.8) is 0 Å². The number of carbonyl (C=O) groups excluding carboxylic acids is 2. The number of amides is 2. The second-order valence-electron chi connectivity index (χ2n) is 5.58. The SMILES string of the molecule is O=C1CCC(c2noc3c4c(ccc23)CNCC4)C(=O)N1. The van der Waals surface area contributed by atoms with Crippen LogP contribution in [0.4, 0.5) is 0 Å². The second kappa shape index (κ2) is 4.66. The van der Waals surface area contributed by atoms with Crippen LogP contribution < -0.4 is 10.6 Å². The number of nitrogens with zero attached hydrogens (tertiary/aromatic N) is 1. The molecule has 2 aromatic rings. The largest absolute Gasteiger partial charge is 0.356 e. The zero-order valence-electron chi connectivity index (χ0n) is 11.4. The van der Waals surface area contributed by atoms with Crippen LogP contribution in [0, 0.1) is 0 Å². The summed E-state index contributed by atoms with van der Waals surface area (Å²) in [6, 6.07) is 4.03. The van der Waals surface area contributed by atoms with Crippen molar-refractivity contribution in [3.05, 3.63) is 29.0 Å². The van der Waals surface area contributed by atoms with Gasteiger partial charge in [-0.25, -0.2) is 0 Å². The highest BCUT2D eigenvalue weighted by molar-refractivity contribution is 6.02. The minimum Gasteiger partial charge on any atom is -0.356 e. The third-order valence-electron chi connectivity index (χ3n) is 4.31. The monoisotopic (exact) mass is 285 g/mol. The van der Waals surface area contributed by atoms with E-state index >= 15 is 0 Å². The number of rotatable bonds is 1. The van der Waals surface area contributed by atoms with Gasteiger partial charge in [0.05, 0.1) is 5.92 Å². The average molecular weight is 285 g/mol. The van der Waals surface area contributed by atoms with Crippen molar-refractivity contribution in [2.24, 2.45) is 0 Å². The fourth-order valence-corrected chi connectivity index (χ4v) is 3.20. The van der Waals surface area contributed by atoms with E-state index in [1.54, 1.807) is 0 Å². The Morgan fingerprint density at radius 2 is 2.14 bits per heavy atom. The van der Waals surface area contributed by atoms with Crippen molar-refractivity contribution >= 4 is 22.8 Å². The van der Waals surface area contributed by atoms with E-state index < -0.39 is 5.92 Å². The van der Waals surface area contributed by atoms with Crippen molar-refractivity contribution in [1.82, 2.24) is 15.8 Å². The van der Waals surface area contributed by atoms with Crippen molar-refractivity contribution in [2.75, 3.05) is 6.54 Å². The average Bonchev–Trinajstić information content (AvgIpc) is 2.91. The first-order valence-electron chi connectivity index (χ1n) is 7.18. The van der Waals surface area contributed by atoms with Crippen molar-refractivity contribution in [2.45, 2.75) is 31.7 Å². The molecule has 0 aliphatic carbocycles. The van der Waals surface area contributed by atoms with Gasteiger partial charge >= 0.3 is 0 Å². The van der Waals surface area contributed by atoms with E-state index in [1.807, 2.05) is 6.07 Å². The number of aromatic nitrogens is 1. The summed E-state index contributed by atoms with van der Waals surface area (Å²) >= 11 is 0. The fourth-order valence-electron chi connectivity index (χ4n) is 3.20. The first-order chi connectivity index (χ1) is 10.2. The lowest BCUT2D eigenvalue weighted by molar-refractivity contribution is -0.134. The number of benzene rings is 1. The first-order valence-corrected chi connectivity index (χ1v) is 7.18. The van der Waals surface area contributed by atoms with Crippen LogP contribution in [-0.4, -0.2) is 23.5 Å². The number of imide groups is 1. The summed E-state index contributed by atoms with van der Waals surface area (Å²) < 4.78 is 5.53. The van der Waals surface area contributed by atoms with Crippen molar-refractivity contribution < 1.29 is 14.1 Å².